The molecule has 0 atom stereocenters. The van der Waals surface area contributed by atoms with Gasteiger partial charge in [-0.05, 0) is 17.7 Å². The van der Waals surface area contributed by atoms with Crippen molar-refractivity contribution >= 4 is 29.0 Å². The van der Waals surface area contributed by atoms with Gasteiger partial charge in [0.25, 0.3) is 5.69 Å². The van der Waals surface area contributed by atoms with E-state index in [1.165, 1.54) is 23.9 Å². The van der Waals surface area contributed by atoms with Crippen LogP contribution in [0.5, 0.6) is 11.5 Å². The van der Waals surface area contributed by atoms with E-state index in [2.05, 4.69) is 5.32 Å². The molecule has 130 valence electrons. The standard InChI is InChI=1S/C17H16N2O5S/c20-17(11-25-10-12-1-4-14(5-2-12)19(21)22)18-13-3-6-15-16(9-13)24-8-7-23-15/h1-6,9H,7-8,10-11H2,(H,18,20). The molecule has 0 fully saturated rings. The summed E-state index contributed by atoms with van der Waals surface area (Å²) in [5, 5.41) is 13.4. The zero-order valence-corrected chi connectivity index (χ0v) is 14.1. The first-order chi connectivity index (χ1) is 12.1. The second kappa shape index (κ2) is 7.89. The van der Waals surface area contributed by atoms with Crippen LogP contribution in [0.15, 0.2) is 42.5 Å². The van der Waals surface area contributed by atoms with Crippen LogP contribution in [0, 0.1) is 10.1 Å². The molecule has 1 aliphatic rings. The van der Waals surface area contributed by atoms with Gasteiger partial charge in [-0.2, -0.15) is 0 Å². The van der Waals surface area contributed by atoms with E-state index in [9.17, 15) is 14.9 Å². The second-order valence-corrected chi connectivity index (χ2v) is 6.31. The molecule has 1 amide bonds. The van der Waals surface area contributed by atoms with E-state index in [-0.39, 0.29) is 17.3 Å². The summed E-state index contributed by atoms with van der Waals surface area (Å²) in [5.74, 6) is 2.07. The maximum atomic E-state index is 12.0. The van der Waals surface area contributed by atoms with Crippen molar-refractivity contribution in [2.45, 2.75) is 5.75 Å². The van der Waals surface area contributed by atoms with Gasteiger partial charge in [0, 0.05) is 29.6 Å². The number of fused-ring (bicyclic) bond motifs is 1. The number of thioether (sulfide) groups is 1. The van der Waals surface area contributed by atoms with Crippen molar-refractivity contribution in [2.24, 2.45) is 0 Å². The van der Waals surface area contributed by atoms with Gasteiger partial charge in [-0.1, -0.05) is 12.1 Å². The Morgan fingerprint density at radius 2 is 1.84 bits per heavy atom. The Balaban J connectivity index is 1.47. The normalized spacial score (nSPS) is 12.5. The molecule has 2 aromatic carbocycles. The Morgan fingerprint density at radius 1 is 1.12 bits per heavy atom. The molecule has 2 aromatic rings. The van der Waals surface area contributed by atoms with E-state index < -0.39 is 4.92 Å². The van der Waals surface area contributed by atoms with Crippen LogP contribution >= 0.6 is 11.8 Å². The number of ether oxygens (including phenoxy) is 2. The summed E-state index contributed by atoms with van der Waals surface area (Å²) in [6.45, 7) is 1.02. The summed E-state index contributed by atoms with van der Waals surface area (Å²) < 4.78 is 10.9. The molecule has 0 aromatic heterocycles. The van der Waals surface area contributed by atoms with Gasteiger partial charge >= 0.3 is 0 Å². The summed E-state index contributed by atoms with van der Waals surface area (Å²) in [7, 11) is 0. The largest absolute Gasteiger partial charge is 0.486 e. The number of benzene rings is 2. The van der Waals surface area contributed by atoms with Crippen molar-refractivity contribution in [3.05, 3.63) is 58.1 Å². The fourth-order valence-corrected chi connectivity index (χ4v) is 3.08. The molecule has 0 aliphatic carbocycles. The van der Waals surface area contributed by atoms with Crippen LogP contribution in [0.1, 0.15) is 5.56 Å². The molecule has 1 aliphatic heterocycles. The van der Waals surface area contributed by atoms with Crippen molar-refractivity contribution in [3.63, 3.8) is 0 Å². The summed E-state index contributed by atoms with van der Waals surface area (Å²) in [6, 6.07) is 11.6. The number of hydrogen-bond acceptors (Lipinski definition) is 6. The molecular formula is C17H16N2O5S. The van der Waals surface area contributed by atoms with E-state index in [0.29, 0.717) is 36.2 Å². The van der Waals surface area contributed by atoms with Crippen LogP contribution in [-0.4, -0.2) is 29.8 Å². The van der Waals surface area contributed by atoms with Crippen molar-refractivity contribution in [1.82, 2.24) is 0 Å². The number of non-ortho nitro benzene ring substituents is 1. The van der Waals surface area contributed by atoms with Crippen LogP contribution in [0.2, 0.25) is 0 Å². The van der Waals surface area contributed by atoms with E-state index in [4.69, 9.17) is 9.47 Å². The minimum absolute atomic E-state index is 0.0603. The number of amides is 1. The fourth-order valence-electron chi connectivity index (χ4n) is 2.29. The highest BCUT2D eigenvalue weighted by atomic mass is 32.2. The van der Waals surface area contributed by atoms with E-state index >= 15 is 0 Å². The van der Waals surface area contributed by atoms with Crippen LogP contribution in [0.25, 0.3) is 0 Å². The highest BCUT2D eigenvalue weighted by Gasteiger charge is 2.13. The maximum absolute atomic E-state index is 12.0. The van der Waals surface area contributed by atoms with Gasteiger partial charge in [-0.25, -0.2) is 0 Å². The first-order valence-electron chi connectivity index (χ1n) is 7.62. The number of carbonyl (C=O) groups is 1. The van der Waals surface area contributed by atoms with Gasteiger partial charge in [0.15, 0.2) is 11.5 Å². The smallest absolute Gasteiger partial charge is 0.269 e. The van der Waals surface area contributed by atoms with Crippen molar-refractivity contribution in [2.75, 3.05) is 24.3 Å². The zero-order chi connectivity index (χ0) is 17.6. The minimum atomic E-state index is -0.433. The van der Waals surface area contributed by atoms with Crippen LogP contribution < -0.4 is 14.8 Å². The van der Waals surface area contributed by atoms with Gasteiger partial charge < -0.3 is 14.8 Å². The second-order valence-electron chi connectivity index (χ2n) is 5.32. The monoisotopic (exact) mass is 360 g/mol. The molecule has 0 saturated heterocycles. The minimum Gasteiger partial charge on any atom is -0.486 e. The number of carbonyl (C=O) groups excluding carboxylic acids is 1. The SMILES string of the molecule is O=C(CSCc1ccc([N+](=O)[O-])cc1)Nc1ccc2c(c1)OCCO2. The third kappa shape index (κ3) is 4.63. The molecule has 0 saturated carbocycles. The van der Waals surface area contributed by atoms with Gasteiger partial charge in [-0.3, -0.25) is 14.9 Å². The lowest BCUT2D eigenvalue weighted by Gasteiger charge is -2.19. The summed E-state index contributed by atoms with van der Waals surface area (Å²) >= 11 is 1.44. The third-order valence-electron chi connectivity index (χ3n) is 3.47. The third-order valence-corrected chi connectivity index (χ3v) is 4.48. The van der Waals surface area contributed by atoms with Gasteiger partial charge in [0.05, 0.1) is 10.7 Å². The number of nitro groups is 1. The molecule has 0 radical (unpaired) electrons. The van der Waals surface area contributed by atoms with Gasteiger partial charge in [0.2, 0.25) is 5.91 Å². The first-order valence-corrected chi connectivity index (χ1v) is 8.78. The highest BCUT2D eigenvalue weighted by Crippen LogP contribution is 2.32. The fraction of sp³-hybridized carbons (Fsp3) is 0.235. The van der Waals surface area contributed by atoms with Crippen molar-refractivity contribution in [1.29, 1.82) is 0 Å². The lowest BCUT2D eigenvalue weighted by atomic mass is 10.2. The Morgan fingerprint density at radius 3 is 2.56 bits per heavy atom. The quantitative estimate of drug-likeness (QED) is 0.628. The number of nitro benzene ring substituents is 1. The van der Waals surface area contributed by atoms with Gasteiger partial charge in [-0.15, -0.1) is 11.8 Å². The molecule has 25 heavy (non-hydrogen) atoms. The van der Waals surface area contributed by atoms with Crippen molar-refractivity contribution < 1.29 is 19.2 Å². The van der Waals surface area contributed by atoms with E-state index in [0.717, 1.165) is 5.56 Å². The molecule has 7 nitrogen and oxygen atoms in total. The average Bonchev–Trinajstić information content (AvgIpc) is 2.62. The number of nitrogens with zero attached hydrogens (tertiary/aromatic N) is 1. The van der Waals surface area contributed by atoms with Crippen LogP contribution in [-0.2, 0) is 10.5 Å². The molecule has 3 rings (SSSR count). The Kier molecular flexibility index (Phi) is 5.39. The predicted octanol–water partition coefficient (Wildman–Crippen LogP) is 3.24. The first kappa shape index (κ1) is 17.1. The number of nitrogens with one attached hydrogen (secondary N) is 1. The van der Waals surface area contributed by atoms with Crippen LogP contribution in [0.3, 0.4) is 0 Å². The lowest BCUT2D eigenvalue weighted by Crippen LogP contribution is -2.17. The molecule has 8 heteroatoms. The Hall–Kier alpha value is -2.74. The topological polar surface area (TPSA) is 90.7 Å². The highest BCUT2D eigenvalue weighted by molar-refractivity contribution is 7.99. The number of anilines is 1. The molecule has 1 heterocycles. The summed E-state index contributed by atoms with van der Waals surface area (Å²) in [6.07, 6.45) is 0. The molecule has 0 spiro atoms. The number of hydrogen-bond donors (Lipinski definition) is 1. The van der Waals surface area contributed by atoms with Crippen LogP contribution in [0.4, 0.5) is 11.4 Å². The molecule has 0 unspecified atom stereocenters. The van der Waals surface area contributed by atoms with E-state index in [1.54, 1.807) is 30.3 Å². The summed E-state index contributed by atoms with van der Waals surface area (Å²) in [5.41, 5.74) is 1.65. The zero-order valence-electron chi connectivity index (χ0n) is 13.3. The Labute approximate surface area is 148 Å². The Bertz CT molecular complexity index is 779. The summed E-state index contributed by atoms with van der Waals surface area (Å²) in [4.78, 5) is 22.2. The van der Waals surface area contributed by atoms with E-state index in [1.807, 2.05) is 0 Å². The molecule has 0 bridgehead atoms. The average molecular weight is 360 g/mol. The predicted molar refractivity (Wildman–Crippen MR) is 95.3 cm³/mol. The maximum Gasteiger partial charge on any atom is 0.269 e. The number of rotatable bonds is 6. The van der Waals surface area contributed by atoms with Crippen molar-refractivity contribution in [3.8, 4) is 11.5 Å². The lowest BCUT2D eigenvalue weighted by molar-refractivity contribution is -0.384. The molecule has 1 N–H and O–H groups in total. The molecular weight excluding hydrogens is 344 g/mol. The van der Waals surface area contributed by atoms with Gasteiger partial charge in [0.1, 0.15) is 13.2 Å².